The monoisotopic (exact) mass is 263 g/mol. The van der Waals surface area contributed by atoms with E-state index in [-0.39, 0.29) is 0 Å². The summed E-state index contributed by atoms with van der Waals surface area (Å²) in [6.45, 7) is 9.20. The minimum Gasteiger partial charge on any atom is -0.377 e. The van der Waals surface area contributed by atoms with Crippen LogP contribution in [-0.2, 0) is 11.3 Å². The van der Waals surface area contributed by atoms with Crippen LogP contribution in [0.3, 0.4) is 0 Å². The summed E-state index contributed by atoms with van der Waals surface area (Å²) in [4.78, 5) is 6.76. The molecule has 1 N–H and O–H groups in total. The maximum Gasteiger partial charge on any atom is 0.126 e. The van der Waals surface area contributed by atoms with Gasteiger partial charge in [-0.2, -0.15) is 0 Å². The molecule has 0 aromatic carbocycles. The minimum atomic E-state index is 0.426. The predicted molar refractivity (Wildman–Crippen MR) is 78.3 cm³/mol. The molecule has 1 aromatic rings. The number of aromatic nitrogens is 1. The average Bonchev–Trinajstić information content (AvgIpc) is 2.92. The van der Waals surface area contributed by atoms with Crippen LogP contribution in [-0.4, -0.2) is 42.2 Å². The number of ether oxygens (including phenoxy) is 1. The van der Waals surface area contributed by atoms with Crippen LogP contribution in [0.25, 0.3) is 0 Å². The van der Waals surface area contributed by atoms with Crippen molar-refractivity contribution < 1.29 is 4.74 Å². The first-order valence-corrected chi connectivity index (χ1v) is 7.34. The Morgan fingerprint density at radius 2 is 2.37 bits per heavy atom. The summed E-state index contributed by atoms with van der Waals surface area (Å²) >= 11 is 0. The summed E-state index contributed by atoms with van der Waals surface area (Å²) < 4.78 is 5.72. The third-order valence-corrected chi connectivity index (χ3v) is 3.52. The Labute approximate surface area is 116 Å². The molecule has 4 heteroatoms. The van der Waals surface area contributed by atoms with Crippen molar-refractivity contribution in [2.45, 2.75) is 39.3 Å². The largest absolute Gasteiger partial charge is 0.377 e. The van der Waals surface area contributed by atoms with Gasteiger partial charge in [-0.15, -0.1) is 0 Å². The quantitative estimate of drug-likeness (QED) is 0.820. The van der Waals surface area contributed by atoms with Gasteiger partial charge in [-0.3, -0.25) is 4.90 Å². The van der Waals surface area contributed by atoms with Gasteiger partial charge >= 0.3 is 0 Å². The van der Waals surface area contributed by atoms with Gasteiger partial charge in [0.1, 0.15) is 5.82 Å². The van der Waals surface area contributed by atoms with E-state index in [9.17, 15) is 0 Å². The van der Waals surface area contributed by atoms with Crippen molar-refractivity contribution in [3.05, 3.63) is 23.9 Å². The molecule has 1 saturated heterocycles. The van der Waals surface area contributed by atoms with Crippen LogP contribution in [0.1, 0.15) is 32.3 Å². The third kappa shape index (κ3) is 4.48. The molecule has 2 heterocycles. The number of hydrogen-bond donors (Lipinski definition) is 1. The number of anilines is 1. The topological polar surface area (TPSA) is 37.4 Å². The third-order valence-electron chi connectivity index (χ3n) is 3.52. The number of hydrogen-bond acceptors (Lipinski definition) is 4. The Kier molecular flexibility index (Phi) is 5.61. The molecule has 0 radical (unpaired) electrons. The predicted octanol–water partition coefficient (Wildman–Crippen LogP) is 2.51. The molecule has 1 fully saturated rings. The Hall–Kier alpha value is -1.13. The van der Waals surface area contributed by atoms with Crippen molar-refractivity contribution in [2.75, 3.05) is 31.6 Å². The van der Waals surface area contributed by atoms with Crippen molar-refractivity contribution in [1.29, 1.82) is 0 Å². The molecular formula is C15H25N3O. The van der Waals surface area contributed by atoms with Gasteiger partial charge in [-0.05, 0) is 44.0 Å². The Morgan fingerprint density at radius 3 is 3.05 bits per heavy atom. The van der Waals surface area contributed by atoms with E-state index in [1.165, 1.54) is 18.4 Å². The van der Waals surface area contributed by atoms with Crippen LogP contribution in [0.2, 0.25) is 0 Å². The van der Waals surface area contributed by atoms with Crippen molar-refractivity contribution in [2.24, 2.45) is 0 Å². The Balaban J connectivity index is 1.91. The molecule has 106 valence electrons. The molecule has 0 aliphatic carbocycles. The first-order valence-electron chi connectivity index (χ1n) is 7.34. The van der Waals surface area contributed by atoms with Crippen LogP contribution in [0.15, 0.2) is 18.3 Å². The second-order valence-electron chi connectivity index (χ2n) is 5.04. The van der Waals surface area contributed by atoms with Gasteiger partial charge in [0, 0.05) is 32.4 Å². The fourth-order valence-corrected chi connectivity index (χ4v) is 2.49. The SMILES string of the molecule is CCNc1cc(CN(CC)CC2CCCO2)ccn1. The molecular weight excluding hydrogens is 238 g/mol. The van der Waals surface area contributed by atoms with E-state index in [0.29, 0.717) is 6.10 Å². The second-order valence-corrected chi connectivity index (χ2v) is 5.04. The zero-order valence-electron chi connectivity index (χ0n) is 12.1. The molecule has 4 nitrogen and oxygen atoms in total. The van der Waals surface area contributed by atoms with Gasteiger partial charge in [0.05, 0.1) is 6.10 Å². The molecule has 19 heavy (non-hydrogen) atoms. The van der Waals surface area contributed by atoms with Crippen molar-refractivity contribution in [3.8, 4) is 0 Å². The van der Waals surface area contributed by atoms with E-state index in [0.717, 1.165) is 38.6 Å². The van der Waals surface area contributed by atoms with Gasteiger partial charge in [-0.1, -0.05) is 6.92 Å². The van der Waals surface area contributed by atoms with Crippen LogP contribution in [0.4, 0.5) is 5.82 Å². The van der Waals surface area contributed by atoms with Crippen molar-refractivity contribution in [3.63, 3.8) is 0 Å². The second kappa shape index (κ2) is 7.46. The summed E-state index contributed by atoms with van der Waals surface area (Å²) in [5.41, 5.74) is 1.31. The summed E-state index contributed by atoms with van der Waals surface area (Å²) in [6.07, 6.45) is 4.72. The molecule has 0 spiro atoms. The zero-order valence-corrected chi connectivity index (χ0v) is 12.1. The van der Waals surface area contributed by atoms with E-state index in [2.05, 4.69) is 41.2 Å². The molecule has 2 rings (SSSR count). The Bertz CT molecular complexity index is 377. The van der Waals surface area contributed by atoms with Gasteiger partial charge in [0.25, 0.3) is 0 Å². The molecule has 1 aliphatic rings. The summed E-state index contributed by atoms with van der Waals surface area (Å²) in [5, 5.41) is 3.26. The normalized spacial score (nSPS) is 19.0. The number of rotatable bonds is 7. The summed E-state index contributed by atoms with van der Waals surface area (Å²) in [7, 11) is 0. The highest BCUT2D eigenvalue weighted by Crippen LogP contribution is 2.15. The lowest BCUT2D eigenvalue weighted by atomic mass is 10.2. The molecule has 1 aromatic heterocycles. The maximum atomic E-state index is 5.72. The first kappa shape index (κ1) is 14.3. The van der Waals surface area contributed by atoms with Gasteiger partial charge in [0.2, 0.25) is 0 Å². The molecule has 0 bridgehead atoms. The minimum absolute atomic E-state index is 0.426. The van der Waals surface area contributed by atoms with E-state index in [4.69, 9.17) is 4.74 Å². The first-order chi connectivity index (χ1) is 9.31. The van der Waals surface area contributed by atoms with Gasteiger partial charge in [0.15, 0.2) is 0 Å². The highest BCUT2D eigenvalue weighted by molar-refractivity contribution is 5.37. The van der Waals surface area contributed by atoms with Crippen LogP contribution in [0.5, 0.6) is 0 Å². The lowest BCUT2D eigenvalue weighted by Crippen LogP contribution is -2.31. The van der Waals surface area contributed by atoms with E-state index in [1.807, 2.05) is 6.20 Å². The zero-order chi connectivity index (χ0) is 13.5. The van der Waals surface area contributed by atoms with Crippen LogP contribution in [0, 0.1) is 0 Å². The van der Waals surface area contributed by atoms with Crippen molar-refractivity contribution in [1.82, 2.24) is 9.88 Å². The molecule has 0 amide bonds. The van der Waals surface area contributed by atoms with Crippen molar-refractivity contribution >= 4 is 5.82 Å². The van der Waals surface area contributed by atoms with Crippen LogP contribution < -0.4 is 5.32 Å². The molecule has 1 atom stereocenters. The molecule has 0 saturated carbocycles. The summed E-state index contributed by atoms with van der Waals surface area (Å²) in [6, 6.07) is 4.24. The smallest absolute Gasteiger partial charge is 0.126 e. The van der Waals surface area contributed by atoms with Gasteiger partial charge < -0.3 is 10.1 Å². The van der Waals surface area contributed by atoms with Gasteiger partial charge in [-0.25, -0.2) is 4.98 Å². The fraction of sp³-hybridized carbons (Fsp3) is 0.667. The lowest BCUT2D eigenvalue weighted by molar-refractivity contribution is 0.0725. The number of likely N-dealkylation sites (N-methyl/N-ethyl adjacent to an activating group) is 1. The van der Waals surface area contributed by atoms with Crippen LogP contribution >= 0.6 is 0 Å². The lowest BCUT2D eigenvalue weighted by Gasteiger charge is -2.23. The number of nitrogens with zero attached hydrogens (tertiary/aromatic N) is 2. The summed E-state index contributed by atoms with van der Waals surface area (Å²) in [5.74, 6) is 0.966. The highest BCUT2D eigenvalue weighted by Gasteiger charge is 2.18. The standard InChI is InChI=1S/C15H25N3O/c1-3-16-15-10-13(7-8-17-15)11-18(4-2)12-14-6-5-9-19-14/h7-8,10,14H,3-6,9,11-12H2,1-2H3,(H,16,17). The maximum absolute atomic E-state index is 5.72. The van der Waals surface area contributed by atoms with E-state index in [1.54, 1.807) is 0 Å². The Morgan fingerprint density at radius 1 is 1.47 bits per heavy atom. The molecule has 1 aliphatic heterocycles. The van der Waals surface area contributed by atoms with E-state index < -0.39 is 0 Å². The number of pyridine rings is 1. The molecule has 1 unspecified atom stereocenters. The highest BCUT2D eigenvalue weighted by atomic mass is 16.5. The van der Waals surface area contributed by atoms with E-state index >= 15 is 0 Å². The average molecular weight is 263 g/mol. The number of nitrogens with one attached hydrogen (secondary N) is 1. The fourth-order valence-electron chi connectivity index (χ4n) is 2.49.